The minimum Gasteiger partial charge on any atom is -0.385 e. The van der Waals surface area contributed by atoms with Crippen LogP contribution in [0.4, 0.5) is 0 Å². The molecule has 0 aliphatic rings. The lowest BCUT2D eigenvalue weighted by Crippen LogP contribution is -2.25. The summed E-state index contributed by atoms with van der Waals surface area (Å²) in [6.45, 7) is 1.00. The maximum Gasteiger partial charge on any atom is 0.267 e. The Labute approximate surface area is 99.4 Å². The highest BCUT2D eigenvalue weighted by Crippen LogP contribution is 2.08. The lowest BCUT2D eigenvalue weighted by atomic mass is 10.4. The zero-order valence-corrected chi connectivity index (χ0v) is 10.2. The normalized spacial score (nSPS) is 11.4. The highest BCUT2D eigenvalue weighted by molar-refractivity contribution is 7.89. The first-order chi connectivity index (χ1) is 7.95. The molecule has 7 nitrogen and oxygen atoms in total. The number of carbonyl (C=O) groups excluding carboxylic acids is 1. The Balaban J connectivity index is 2.56. The Bertz CT molecular complexity index is 480. The highest BCUT2D eigenvalue weighted by Gasteiger charge is 2.14. The third-order valence-corrected chi connectivity index (χ3v) is 2.93. The minimum absolute atomic E-state index is 0.112. The van der Waals surface area contributed by atoms with Gasteiger partial charge in [0.25, 0.3) is 5.91 Å². The number of methoxy groups -OCH3 is 1. The molecule has 17 heavy (non-hydrogen) atoms. The van der Waals surface area contributed by atoms with E-state index in [1.807, 2.05) is 0 Å². The van der Waals surface area contributed by atoms with E-state index in [1.165, 1.54) is 12.3 Å². The second kappa shape index (κ2) is 5.80. The van der Waals surface area contributed by atoms with E-state index < -0.39 is 10.0 Å². The molecule has 1 aromatic rings. The van der Waals surface area contributed by atoms with Crippen molar-refractivity contribution >= 4 is 15.9 Å². The Morgan fingerprint density at radius 1 is 1.59 bits per heavy atom. The number of hydrogen-bond acceptors (Lipinski definition) is 4. The largest absolute Gasteiger partial charge is 0.385 e. The van der Waals surface area contributed by atoms with E-state index in [1.54, 1.807) is 7.11 Å². The number of hydrogen-bond donors (Lipinski definition) is 3. The van der Waals surface area contributed by atoms with Gasteiger partial charge in [-0.15, -0.1) is 0 Å². The van der Waals surface area contributed by atoms with E-state index in [4.69, 9.17) is 9.88 Å². The summed E-state index contributed by atoms with van der Waals surface area (Å²) in [6, 6.07) is 1.20. The standard InChI is InChI=1S/C9H15N3O4S/c1-16-4-2-3-11-9(13)8-5-7(6-12-8)17(10,14)15/h5-6,12H,2-4H2,1H3,(H,11,13)(H2,10,14,15). The predicted octanol–water partition coefficient (Wildman–Crippen LogP) is -0.572. The van der Waals surface area contributed by atoms with Gasteiger partial charge in [0.2, 0.25) is 10.0 Å². The van der Waals surface area contributed by atoms with E-state index in [-0.39, 0.29) is 16.5 Å². The van der Waals surface area contributed by atoms with Crippen LogP contribution in [0.1, 0.15) is 16.9 Å². The molecule has 8 heteroatoms. The molecule has 0 spiro atoms. The zero-order valence-electron chi connectivity index (χ0n) is 9.39. The fraction of sp³-hybridized carbons (Fsp3) is 0.444. The molecule has 4 N–H and O–H groups in total. The SMILES string of the molecule is COCCCNC(=O)c1cc(S(N)(=O)=O)c[nH]1. The van der Waals surface area contributed by atoms with E-state index in [2.05, 4.69) is 10.3 Å². The Morgan fingerprint density at radius 2 is 2.29 bits per heavy atom. The zero-order chi connectivity index (χ0) is 12.9. The molecule has 0 saturated carbocycles. The van der Waals surface area contributed by atoms with Crippen molar-refractivity contribution < 1.29 is 17.9 Å². The molecule has 0 aromatic carbocycles. The summed E-state index contributed by atoms with van der Waals surface area (Å²) in [5, 5.41) is 7.53. The lowest BCUT2D eigenvalue weighted by molar-refractivity contribution is 0.0944. The number of primary sulfonamides is 1. The summed E-state index contributed by atoms with van der Waals surface area (Å²) in [4.78, 5) is 14.0. The summed E-state index contributed by atoms with van der Waals surface area (Å²) in [6.07, 6.45) is 1.87. The second-order valence-corrected chi connectivity index (χ2v) is 4.96. The van der Waals surface area contributed by atoms with E-state index in [0.717, 1.165) is 0 Å². The van der Waals surface area contributed by atoms with Crippen LogP contribution in [0, 0.1) is 0 Å². The monoisotopic (exact) mass is 261 g/mol. The van der Waals surface area contributed by atoms with Gasteiger partial charge in [0.15, 0.2) is 0 Å². The van der Waals surface area contributed by atoms with Gasteiger partial charge in [-0.1, -0.05) is 0 Å². The Kier molecular flexibility index (Phi) is 4.67. The molecule has 0 unspecified atom stereocenters. The first-order valence-electron chi connectivity index (χ1n) is 4.93. The number of rotatable bonds is 6. The quantitative estimate of drug-likeness (QED) is 0.595. The van der Waals surface area contributed by atoms with Crippen molar-refractivity contribution in [3.63, 3.8) is 0 Å². The number of amides is 1. The molecule has 0 aliphatic carbocycles. The van der Waals surface area contributed by atoms with Crippen molar-refractivity contribution in [3.8, 4) is 0 Å². The summed E-state index contributed by atoms with van der Waals surface area (Å²) in [7, 11) is -2.20. The van der Waals surface area contributed by atoms with Crippen LogP contribution in [-0.4, -0.2) is 39.6 Å². The van der Waals surface area contributed by atoms with Crippen molar-refractivity contribution in [1.82, 2.24) is 10.3 Å². The van der Waals surface area contributed by atoms with Crippen molar-refractivity contribution in [1.29, 1.82) is 0 Å². The molecule has 0 aliphatic heterocycles. The van der Waals surface area contributed by atoms with Crippen LogP contribution >= 0.6 is 0 Å². The number of nitrogens with two attached hydrogens (primary N) is 1. The van der Waals surface area contributed by atoms with Gasteiger partial charge in [0.1, 0.15) is 5.69 Å². The fourth-order valence-electron chi connectivity index (χ4n) is 1.18. The number of sulfonamides is 1. The molecule has 0 bridgehead atoms. The van der Waals surface area contributed by atoms with E-state index in [0.29, 0.717) is 19.6 Å². The number of carbonyl (C=O) groups is 1. The molecule has 1 aromatic heterocycles. The van der Waals surface area contributed by atoms with Crippen LogP contribution < -0.4 is 10.5 Å². The molecule has 0 saturated heterocycles. The average Bonchev–Trinajstić information content (AvgIpc) is 2.72. The molecule has 1 amide bonds. The molecule has 1 rings (SSSR count). The van der Waals surface area contributed by atoms with Gasteiger partial charge < -0.3 is 15.0 Å². The van der Waals surface area contributed by atoms with Gasteiger partial charge in [0, 0.05) is 26.5 Å². The summed E-state index contributed by atoms with van der Waals surface area (Å²) < 4.78 is 26.8. The maximum atomic E-state index is 11.5. The molecule has 96 valence electrons. The van der Waals surface area contributed by atoms with E-state index >= 15 is 0 Å². The first-order valence-corrected chi connectivity index (χ1v) is 6.48. The Hall–Kier alpha value is -1.38. The van der Waals surface area contributed by atoms with Crippen LogP contribution in [0.2, 0.25) is 0 Å². The van der Waals surface area contributed by atoms with Crippen LogP contribution in [0.5, 0.6) is 0 Å². The van der Waals surface area contributed by atoms with Crippen molar-refractivity contribution in [2.75, 3.05) is 20.3 Å². The number of H-pyrrole nitrogens is 1. The van der Waals surface area contributed by atoms with Crippen LogP contribution in [-0.2, 0) is 14.8 Å². The summed E-state index contributed by atoms with van der Waals surface area (Å²) in [5.74, 6) is -0.379. The molecule has 0 radical (unpaired) electrons. The van der Waals surface area contributed by atoms with Gasteiger partial charge in [-0.2, -0.15) is 0 Å². The predicted molar refractivity (Wildman–Crippen MR) is 61.0 cm³/mol. The second-order valence-electron chi connectivity index (χ2n) is 3.40. The first kappa shape index (κ1) is 13.7. The molecule has 0 atom stereocenters. The van der Waals surface area contributed by atoms with Crippen LogP contribution in [0.3, 0.4) is 0 Å². The molecule has 1 heterocycles. The van der Waals surface area contributed by atoms with Crippen molar-refractivity contribution in [2.45, 2.75) is 11.3 Å². The van der Waals surface area contributed by atoms with Gasteiger partial charge in [-0.3, -0.25) is 4.79 Å². The third-order valence-electron chi connectivity index (χ3n) is 2.04. The number of aromatic nitrogens is 1. The number of ether oxygens (including phenoxy) is 1. The average molecular weight is 261 g/mol. The lowest BCUT2D eigenvalue weighted by Gasteiger charge is -2.02. The van der Waals surface area contributed by atoms with Gasteiger partial charge in [0.05, 0.1) is 4.90 Å². The number of aromatic amines is 1. The van der Waals surface area contributed by atoms with Crippen molar-refractivity contribution in [3.05, 3.63) is 18.0 Å². The van der Waals surface area contributed by atoms with Gasteiger partial charge >= 0.3 is 0 Å². The summed E-state index contributed by atoms with van der Waals surface area (Å²) >= 11 is 0. The van der Waals surface area contributed by atoms with E-state index in [9.17, 15) is 13.2 Å². The topological polar surface area (TPSA) is 114 Å². The van der Waals surface area contributed by atoms with Gasteiger partial charge in [-0.05, 0) is 12.5 Å². The Morgan fingerprint density at radius 3 is 2.82 bits per heavy atom. The van der Waals surface area contributed by atoms with Crippen LogP contribution in [0.25, 0.3) is 0 Å². The summed E-state index contributed by atoms with van der Waals surface area (Å²) in [5.41, 5.74) is 0.159. The fourth-order valence-corrected chi connectivity index (χ4v) is 1.69. The smallest absolute Gasteiger partial charge is 0.267 e. The maximum absolute atomic E-state index is 11.5. The third kappa shape index (κ3) is 4.17. The van der Waals surface area contributed by atoms with Crippen LogP contribution in [0.15, 0.2) is 17.2 Å². The van der Waals surface area contributed by atoms with Gasteiger partial charge in [-0.25, -0.2) is 13.6 Å². The van der Waals surface area contributed by atoms with Crippen molar-refractivity contribution in [2.24, 2.45) is 5.14 Å². The molecular formula is C9H15N3O4S. The minimum atomic E-state index is -3.78. The molecule has 0 fully saturated rings. The molecular weight excluding hydrogens is 246 g/mol. The number of nitrogens with one attached hydrogen (secondary N) is 2. The highest BCUT2D eigenvalue weighted by atomic mass is 32.2.